The van der Waals surface area contributed by atoms with Gasteiger partial charge in [-0.2, -0.15) is 0 Å². The number of allylic oxidation sites excluding steroid dienone is 5. The predicted molar refractivity (Wildman–Crippen MR) is 193 cm³/mol. The molecule has 9 heteroatoms. The van der Waals surface area contributed by atoms with Gasteiger partial charge in [0.1, 0.15) is 24.4 Å². The molecule has 6 N–H and O–H groups in total. The second-order valence-electron chi connectivity index (χ2n) is 13.4. The smallest absolute Gasteiger partial charge is 0.220 e. The number of aliphatic hydroxyl groups is 5. The van der Waals surface area contributed by atoms with Crippen molar-refractivity contribution in [2.45, 2.75) is 192 Å². The number of rotatable bonds is 30. The van der Waals surface area contributed by atoms with Gasteiger partial charge in [0.05, 0.1) is 25.4 Å². The van der Waals surface area contributed by atoms with E-state index in [1.165, 1.54) is 77.0 Å². The van der Waals surface area contributed by atoms with Gasteiger partial charge in [-0.25, -0.2) is 0 Å². The second-order valence-corrected chi connectivity index (χ2v) is 13.4. The summed E-state index contributed by atoms with van der Waals surface area (Å²) in [7, 11) is 0. The van der Waals surface area contributed by atoms with Crippen LogP contribution in [0.15, 0.2) is 36.5 Å². The molecule has 280 valence electrons. The van der Waals surface area contributed by atoms with E-state index in [2.05, 4.69) is 37.4 Å². The van der Waals surface area contributed by atoms with Gasteiger partial charge in [-0.15, -0.1) is 0 Å². The molecule has 0 radical (unpaired) electrons. The summed E-state index contributed by atoms with van der Waals surface area (Å²) in [5, 5.41) is 53.8. The van der Waals surface area contributed by atoms with E-state index < -0.39 is 49.5 Å². The average molecular weight is 682 g/mol. The molecular weight excluding hydrogens is 610 g/mol. The first-order valence-electron chi connectivity index (χ1n) is 19.2. The maximum atomic E-state index is 12.8. The van der Waals surface area contributed by atoms with Crippen molar-refractivity contribution in [3.8, 4) is 0 Å². The van der Waals surface area contributed by atoms with E-state index >= 15 is 0 Å². The Morgan fingerprint density at radius 1 is 0.708 bits per heavy atom. The summed E-state index contributed by atoms with van der Waals surface area (Å²) in [5.41, 5.74) is 0. The van der Waals surface area contributed by atoms with Gasteiger partial charge in [0.2, 0.25) is 5.91 Å². The molecule has 0 aromatic heterocycles. The highest BCUT2D eigenvalue weighted by atomic mass is 16.7. The van der Waals surface area contributed by atoms with Crippen molar-refractivity contribution < 1.29 is 39.8 Å². The lowest BCUT2D eigenvalue weighted by atomic mass is 9.99. The number of carbonyl (C=O) groups excluding carboxylic acids is 1. The van der Waals surface area contributed by atoms with Gasteiger partial charge < -0.3 is 40.3 Å². The standard InChI is InChI=1S/C39H71NO8/c1-3-5-7-9-11-13-15-16-17-19-21-23-25-27-29-35(43)40-32(31-47-39-38(46)37(45)36(44)34(30-41)48-39)33(42)28-26-24-22-20-18-14-12-10-8-6-4-2/h15-16,22,24,26,28,32-34,36-39,41-42,44-46H,3-14,17-21,23,25,27,29-31H2,1-2H3,(H,40,43)/b16-15+,24-22+,28-26+/t32-,33+,34-,36-,37?,38?,39-/m0/s1. The Hall–Kier alpha value is -1.59. The molecule has 0 aliphatic carbocycles. The number of amides is 1. The highest BCUT2D eigenvalue weighted by Gasteiger charge is 2.44. The van der Waals surface area contributed by atoms with E-state index in [9.17, 15) is 30.3 Å². The summed E-state index contributed by atoms with van der Waals surface area (Å²) < 4.78 is 11.1. The Labute approximate surface area is 291 Å². The topological polar surface area (TPSA) is 149 Å². The first kappa shape index (κ1) is 44.4. The molecular formula is C39H71NO8. The highest BCUT2D eigenvalue weighted by Crippen LogP contribution is 2.22. The number of unbranched alkanes of at least 4 members (excludes halogenated alkanes) is 17. The molecule has 0 bridgehead atoms. The maximum Gasteiger partial charge on any atom is 0.220 e. The fraction of sp³-hybridized carbons (Fsp3) is 0.821. The summed E-state index contributed by atoms with van der Waals surface area (Å²) in [5.74, 6) is -0.207. The third-order valence-corrected chi connectivity index (χ3v) is 8.99. The molecule has 2 unspecified atom stereocenters. The average Bonchev–Trinajstić information content (AvgIpc) is 3.08. The van der Waals surface area contributed by atoms with Gasteiger partial charge in [0.25, 0.3) is 0 Å². The van der Waals surface area contributed by atoms with E-state index in [0.29, 0.717) is 6.42 Å². The zero-order chi connectivity index (χ0) is 35.2. The van der Waals surface area contributed by atoms with Crippen LogP contribution in [0.25, 0.3) is 0 Å². The van der Waals surface area contributed by atoms with Crippen LogP contribution < -0.4 is 5.32 Å². The lowest BCUT2D eigenvalue weighted by Gasteiger charge is -2.40. The monoisotopic (exact) mass is 682 g/mol. The molecule has 1 rings (SSSR count). The van der Waals surface area contributed by atoms with Crippen molar-refractivity contribution >= 4 is 5.91 Å². The quantitative estimate of drug-likeness (QED) is 0.0284. The molecule has 0 saturated carbocycles. The molecule has 1 fully saturated rings. The van der Waals surface area contributed by atoms with Crippen LogP contribution in [0.1, 0.15) is 149 Å². The summed E-state index contributed by atoms with van der Waals surface area (Å²) in [4.78, 5) is 12.8. The first-order valence-corrected chi connectivity index (χ1v) is 19.2. The summed E-state index contributed by atoms with van der Waals surface area (Å²) in [6.45, 7) is 3.67. The highest BCUT2D eigenvalue weighted by molar-refractivity contribution is 5.76. The van der Waals surface area contributed by atoms with Gasteiger partial charge in [-0.05, 0) is 44.9 Å². The fourth-order valence-corrected chi connectivity index (χ4v) is 5.79. The Morgan fingerprint density at radius 3 is 1.79 bits per heavy atom. The van der Waals surface area contributed by atoms with Gasteiger partial charge in [0, 0.05) is 6.42 Å². The largest absolute Gasteiger partial charge is 0.394 e. The molecule has 1 aliphatic heterocycles. The zero-order valence-corrected chi connectivity index (χ0v) is 30.2. The number of ether oxygens (including phenoxy) is 2. The number of aliphatic hydroxyl groups excluding tert-OH is 5. The molecule has 1 amide bonds. The fourth-order valence-electron chi connectivity index (χ4n) is 5.79. The number of carbonyl (C=O) groups is 1. The van der Waals surface area contributed by atoms with Crippen molar-refractivity contribution in [2.75, 3.05) is 13.2 Å². The maximum absolute atomic E-state index is 12.8. The Kier molecular flexibility index (Phi) is 28.0. The zero-order valence-electron chi connectivity index (χ0n) is 30.2. The van der Waals surface area contributed by atoms with Crippen molar-refractivity contribution in [1.82, 2.24) is 5.32 Å². The van der Waals surface area contributed by atoms with Crippen molar-refractivity contribution in [1.29, 1.82) is 0 Å². The number of hydrogen-bond acceptors (Lipinski definition) is 8. The SMILES string of the molecule is CCCCCCC/C=C/CCCCCCCC(=O)N[C@@H](CO[C@H]1O[C@@H](CO)[C@H](O)C(O)C1O)[C@H](O)/C=C/C=C/CCCCCCCCC. The van der Waals surface area contributed by atoms with Crippen molar-refractivity contribution in [3.05, 3.63) is 36.5 Å². The van der Waals surface area contributed by atoms with Crippen LogP contribution in [0, 0.1) is 0 Å². The van der Waals surface area contributed by atoms with E-state index in [1.807, 2.05) is 6.08 Å². The van der Waals surface area contributed by atoms with Crippen LogP contribution in [0.4, 0.5) is 0 Å². The van der Waals surface area contributed by atoms with Crippen LogP contribution in [-0.4, -0.2) is 87.5 Å². The predicted octanol–water partition coefficient (Wildman–Crippen LogP) is 6.55. The minimum absolute atomic E-state index is 0.207. The van der Waals surface area contributed by atoms with Gasteiger partial charge >= 0.3 is 0 Å². The summed E-state index contributed by atoms with van der Waals surface area (Å²) in [6, 6.07) is -0.837. The Bertz CT molecular complexity index is 848. The normalized spacial score (nSPS) is 23.0. The van der Waals surface area contributed by atoms with Crippen LogP contribution in [0.3, 0.4) is 0 Å². The molecule has 7 atom stereocenters. The van der Waals surface area contributed by atoms with Gasteiger partial charge in [-0.1, -0.05) is 134 Å². The van der Waals surface area contributed by atoms with E-state index in [1.54, 1.807) is 12.2 Å². The lowest BCUT2D eigenvalue weighted by molar-refractivity contribution is -0.302. The van der Waals surface area contributed by atoms with Crippen LogP contribution in [0.5, 0.6) is 0 Å². The van der Waals surface area contributed by atoms with Crippen LogP contribution in [-0.2, 0) is 14.3 Å². The minimum atomic E-state index is -1.57. The third kappa shape index (κ3) is 21.5. The molecule has 1 aliphatic rings. The van der Waals surface area contributed by atoms with Crippen LogP contribution in [0.2, 0.25) is 0 Å². The first-order chi connectivity index (χ1) is 23.3. The molecule has 48 heavy (non-hydrogen) atoms. The molecule has 9 nitrogen and oxygen atoms in total. The number of hydrogen-bond donors (Lipinski definition) is 6. The van der Waals surface area contributed by atoms with E-state index in [-0.39, 0.29) is 12.5 Å². The molecule has 1 saturated heterocycles. The summed E-state index contributed by atoms with van der Waals surface area (Å²) >= 11 is 0. The molecule has 1 heterocycles. The van der Waals surface area contributed by atoms with E-state index in [4.69, 9.17) is 9.47 Å². The molecule has 0 aromatic carbocycles. The van der Waals surface area contributed by atoms with Crippen molar-refractivity contribution in [2.24, 2.45) is 0 Å². The van der Waals surface area contributed by atoms with Crippen molar-refractivity contribution in [3.63, 3.8) is 0 Å². The number of nitrogens with one attached hydrogen (secondary N) is 1. The second kappa shape index (κ2) is 30.3. The van der Waals surface area contributed by atoms with Crippen LogP contribution >= 0.6 is 0 Å². The van der Waals surface area contributed by atoms with Gasteiger partial charge in [-0.3, -0.25) is 4.79 Å². The molecule has 0 spiro atoms. The minimum Gasteiger partial charge on any atom is -0.394 e. The Morgan fingerprint density at radius 2 is 1.23 bits per heavy atom. The molecule has 0 aromatic rings. The van der Waals surface area contributed by atoms with Gasteiger partial charge in [0.15, 0.2) is 6.29 Å². The summed E-state index contributed by atoms with van der Waals surface area (Å²) in [6.07, 6.45) is 27.7. The van der Waals surface area contributed by atoms with E-state index in [0.717, 1.165) is 51.4 Å². The third-order valence-electron chi connectivity index (χ3n) is 8.99. The lowest BCUT2D eigenvalue weighted by Crippen LogP contribution is -2.60. The Balaban J connectivity index is 2.49.